The van der Waals surface area contributed by atoms with Crippen LogP contribution in [0.2, 0.25) is 10.0 Å². The van der Waals surface area contributed by atoms with Crippen LogP contribution in [0.4, 0.5) is 4.39 Å². The van der Waals surface area contributed by atoms with Crippen LogP contribution in [0, 0.1) is 11.7 Å². The SMILES string of the molecule is O=C(c1cc(F)c(Cl)cc1Cl)N1CCN(C(=O)C2CC2)CC1. The van der Waals surface area contributed by atoms with E-state index in [4.69, 9.17) is 23.2 Å². The van der Waals surface area contributed by atoms with Crippen molar-refractivity contribution in [1.29, 1.82) is 0 Å². The Labute approximate surface area is 137 Å². The second-order valence-electron chi connectivity index (χ2n) is 5.64. The number of rotatable bonds is 2. The third kappa shape index (κ3) is 3.06. The molecule has 22 heavy (non-hydrogen) atoms. The summed E-state index contributed by atoms with van der Waals surface area (Å²) in [6.45, 7) is 1.87. The van der Waals surface area contributed by atoms with Crippen molar-refractivity contribution in [3.63, 3.8) is 0 Å². The van der Waals surface area contributed by atoms with Gasteiger partial charge in [-0.15, -0.1) is 0 Å². The standard InChI is InChI=1S/C15H15Cl2FN2O2/c16-11-8-12(17)13(18)7-10(11)15(22)20-5-3-19(4-6-20)14(21)9-1-2-9/h7-9H,1-6H2. The zero-order valence-corrected chi connectivity index (χ0v) is 13.3. The average Bonchev–Trinajstić information content (AvgIpc) is 3.34. The van der Waals surface area contributed by atoms with E-state index in [-0.39, 0.29) is 33.3 Å². The Balaban J connectivity index is 1.67. The summed E-state index contributed by atoms with van der Waals surface area (Å²) in [6.07, 6.45) is 1.94. The second kappa shape index (κ2) is 6.05. The molecule has 0 bridgehead atoms. The molecule has 2 aliphatic rings. The lowest BCUT2D eigenvalue weighted by atomic mass is 10.1. The summed E-state index contributed by atoms with van der Waals surface area (Å²) >= 11 is 11.6. The fourth-order valence-electron chi connectivity index (χ4n) is 2.58. The van der Waals surface area contributed by atoms with Crippen LogP contribution in [-0.2, 0) is 4.79 Å². The Morgan fingerprint density at radius 1 is 1.00 bits per heavy atom. The van der Waals surface area contributed by atoms with Gasteiger partial charge < -0.3 is 9.80 Å². The molecule has 1 aromatic carbocycles. The van der Waals surface area contributed by atoms with Gasteiger partial charge in [0.15, 0.2) is 0 Å². The van der Waals surface area contributed by atoms with E-state index < -0.39 is 5.82 Å². The summed E-state index contributed by atoms with van der Waals surface area (Å²) in [6, 6.07) is 2.30. The molecular formula is C15H15Cl2FN2O2. The van der Waals surface area contributed by atoms with Gasteiger partial charge in [0, 0.05) is 32.1 Å². The predicted molar refractivity (Wildman–Crippen MR) is 81.6 cm³/mol. The lowest BCUT2D eigenvalue weighted by molar-refractivity contribution is -0.134. The maximum atomic E-state index is 13.5. The molecule has 0 atom stereocenters. The van der Waals surface area contributed by atoms with Gasteiger partial charge in [-0.1, -0.05) is 23.2 Å². The summed E-state index contributed by atoms with van der Waals surface area (Å²) in [5.74, 6) is -0.638. The molecule has 1 aliphatic heterocycles. The Hall–Kier alpha value is -1.33. The van der Waals surface area contributed by atoms with Crippen molar-refractivity contribution in [3.8, 4) is 0 Å². The molecule has 1 saturated carbocycles. The fraction of sp³-hybridized carbons (Fsp3) is 0.467. The molecule has 7 heteroatoms. The molecule has 118 valence electrons. The van der Waals surface area contributed by atoms with Crippen LogP contribution >= 0.6 is 23.2 Å². The third-order valence-corrected chi connectivity index (χ3v) is 4.65. The molecule has 1 aromatic rings. The van der Waals surface area contributed by atoms with Crippen molar-refractivity contribution in [2.45, 2.75) is 12.8 Å². The lowest BCUT2D eigenvalue weighted by Gasteiger charge is -2.35. The first-order valence-electron chi connectivity index (χ1n) is 7.20. The molecule has 3 rings (SSSR count). The van der Waals surface area contributed by atoms with Gasteiger partial charge in [-0.05, 0) is 25.0 Å². The number of halogens is 3. The topological polar surface area (TPSA) is 40.6 Å². The third-order valence-electron chi connectivity index (χ3n) is 4.05. The highest BCUT2D eigenvalue weighted by molar-refractivity contribution is 6.36. The molecule has 4 nitrogen and oxygen atoms in total. The Bertz CT molecular complexity index is 626. The minimum absolute atomic E-state index is 0.102. The highest BCUT2D eigenvalue weighted by Crippen LogP contribution is 2.31. The number of nitrogens with zero attached hydrogens (tertiary/aromatic N) is 2. The van der Waals surface area contributed by atoms with Gasteiger partial charge in [0.05, 0.1) is 15.6 Å². The molecule has 0 aromatic heterocycles. The summed E-state index contributed by atoms with van der Waals surface area (Å²) in [5, 5.41) is 0.0225. The maximum absolute atomic E-state index is 13.5. The van der Waals surface area contributed by atoms with Crippen LogP contribution in [-0.4, -0.2) is 47.8 Å². The molecule has 0 unspecified atom stereocenters. The number of hydrogen-bond acceptors (Lipinski definition) is 2. The maximum Gasteiger partial charge on any atom is 0.255 e. The monoisotopic (exact) mass is 344 g/mol. The minimum Gasteiger partial charge on any atom is -0.339 e. The van der Waals surface area contributed by atoms with Crippen LogP contribution in [0.25, 0.3) is 0 Å². The number of piperazine rings is 1. The Kier molecular flexibility index (Phi) is 4.28. The van der Waals surface area contributed by atoms with Crippen molar-refractivity contribution < 1.29 is 14.0 Å². The van der Waals surface area contributed by atoms with Crippen molar-refractivity contribution in [2.24, 2.45) is 5.92 Å². The van der Waals surface area contributed by atoms with Gasteiger partial charge in [-0.2, -0.15) is 0 Å². The van der Waals surface area contributed by atoms with E-state index in [1.807, 2.05) is 0 Å². The Morgan fingerprint density at radius 2 is 1.59 bits per heavy atom. The zero-order chi connectivity index (χ0) is 15.9. The highest BCUT2D eigenvalue weighted by Gasteiger charge is 2.35. The van der Waals surface area contributed by atoms with E-state index in [0.29, 0.717) is 26.2 Å². The number of carbonyl (C=O) groups is 2. The van der Waals surface area contributed by atoms with E-state index in [0.717, 1.165) is 18.9 Å². The van der Waals surface area contributed by atoms with E-state index in [2.05, 4.69) is 0 Å². The first-order valence-corrected chi connectivity index (χ1v) is 7.95. The number of hydrogen-bond donors (Lipinski definition) is 0. The normalized spacial score (nSPS) is 18.5. The molecule has 1 heterocycles. The molecule has 2 fully saturated rings. The van der Waals surface area contributed by atoms with Gasteiger partial charge in [0.25, 0.3) is 5.91 Å². The number of carbonyl (C=O) groups excluding carboxylic acids is 2. The molecule has 1 aliphatic carbocycles. The summed E-state index contributed by atoms with van der Waals surface area (Å²) in [5.41, 5.74) is 0.102. The van der Waals surface area contributed by atoms with E-state index in [1.54, 1.807) is 9.80 Å². The van der Waals surface area contributed by atoms with Crippen LogP contribution in [0.15, 0.2) is 12.1 Å². The molecule has 0 spiro atoms. The minimum atomic E-state index is -0.669. The summed E-state index contributed by atoms with van der Waals surface area (Å²) < 4.78 is 13.5. The first kappa shape index (κ1) is 15.6. The molecule has 1 saturated heterocycles. The Morgan fingerprint density at radius 3 is 2.18 bits per heavy atom. The molecule has 0 N–H and O–H groups in total. The number of benzene rings is 1. The van der Waals surface area contributed by atoms with Gasteiger partial charge >= 0.3 is 0 Å². The quantitative estimate of drug-likeness (QED) is 0.774. The van der Waals surface area contributed by atoms with Crippen LogP contribution in [0.1, 0.15) is 23.2 Å². The fourth-order valence-corrected chi connectivity index (χ4v) is 3.04. The molecular weight excluding hydrogens is 330 g/mol. The first-order chi connectivity index (χ1) is 10.5. The summed E-state index contributed by atoms with van der Waals surface area (Å²) in [7, 11) is 0. The van der Waals surface area contributed by atoms with Gasteiger partial charge in [0.1, 0.15) is 5.82 Å². The highest BCUT2D eigenvalue weighted by atomic mass is 35.5. The molecule has 0 radical (unpaired) electrons. The van der Waals surface area contributed by atoms with Gasteiger partial charge in [-0.25, -0.2) is 4.39 Å². The lowest BCUT2D eigenvalue weighted by Crippen LogP contribution is -2.51. The predicted octanol–water partition coefficient (Wildman–Crippen LogP) is 2.83. The van der Waals surface area contributed by atoms with Crippen molar-refractivity contribution in [2.75, 3.05) is 26.2 Å². The zero-order valence-electron chi connectivity index (χ0n) is 11.8. The van der Waals surface area contributed by atoms with Crippen molar-refractivity contribution >= 4 is 35.0 Å². The van der Waals surface area contributed by atoms with Gasteiger partial charge in [-0.3, -0.25) is 9.59 Å². The van der Waals surface area contributed by atoms with Crippen molar-refractivity contribution in [3.05, 3.63) is 33.6 Å². The van der Waals surface area contributed by atoms with E-state index in [9.17, 15) is 14.0 Å². The van der Waals surface area contributed by atoms with E-state index >= 15 is 0 Å². The smallest absolute Gasteiger partial charge is 0.255 e. The summed E-state index contributed by atoms with van der Waals surface area (Å²) in [4.78, 5) is 27.8. The van der Waals surface area contributed by atoms with Gasteiger partial charge in [0.2, 0.25) is 5.91 Å². The second-order valence-corrected chi connectivity index (χ2v) is 6.45. The molecule has 2 amide bonds. The number of amides is 2. The van der Waals surface area contributed by atoms with Crippen LogP contribution in [0.3, 0.4) is 0 Å². The van der Waals surface area contributed by atoms with Crippen LogP contribution in [0.5, 0.6) is 0 Å². The largest absolute Gasteiger partial charge is 0.339 e. The average molecular weight is 345 g/mol. The van der Waals surface area contributed by atoms with Crippen molar-refractivity contribution in [1.82, 2.24) is 9.80 Å². The van der Waals surface area contributed by atoms with Crippen LogP contribution < -0.4 is 0 Å². The van der Waals surface area contributed by atoms with E-state index in [1.165, 1.54) is 6.07 Å².